The Balaban J connectivity index is 3.03. The Bertz CT molecular complexity index is 712. The van der Waals surface area contributed by atoms with Crippen molar-refractivity contribution in [1.82, 2.24) is 15.5 Å². The van der Waals surface area contributed by atoms with Crippen LogP contribution in [0, 0.1) is 11.8 Å². The van der Waals surface area contributed by atoms with Gasteiger partial charge in [0.2, 0.25) is 17.7 Å². The molecule has 6 N–H and O–H groups in total. The fourth-order valence-corrected chi connectivity index (χ4v) is 3.70. The van der Waals surface area contributed by atoms with Crippen molar-refractivity contribution in [2.75, 3.05) is 6.54 Å². The Kier molecular flexibility index (Phi) is 10.6. The molecule has 0 aromatic carbocycles. The normalized spacial score (nSPS) is 19.7. The fraction of sp³-hybridized carbons (Fsp3) is 0.762. The third-order valence-corrected chi connectivity index (χ3v) is 5.67. The van der Waals surface area contributed by atoms with Crippen LogP contribution in [0.3, 0.4) is 0 Å². The van der Waals surface area contributed by atoms with Gasteiger partial charge in [0.1, 0.15) is 18.1 Å². The molecule has 0 saturated carbocycles. The van der Waals surface area contributed by atoms with Crippen molar-refractivity contribution in [3.8, 4) is 0 Å². The molecule has 1 aliphatic rings. The summed E-state index contributed by atoms with van der Waals surface area (Å²) in [4.78, 5) is 62.3. The van der Waals surface area contributed by atoms with Crippen LogP contribution in [0.1, 0.15) is 59.8 Å². The van der Waals surface area contributed by atoms with E-state index in [1.54, 1.807) is 6.92 Å². The van der Waals surface area contributed by atoms with E-state index < -0.39 is 60.2 Å². The fourth-order valence-electron chi connectivity index (χ4n) is 3.70. The first-order chi connectivity index (χ1) is 14.9. The van der Waals surface area contributed by atoms with Crippen molar-refractivity contribution in [3.63, 3.8) is 0 Å². The number of carbonyl (C=O) groups excluding carboxylic acids is 3. The van der Waals surface area contributed by atoms with Gasteiger partial charge in [-0.25, -0.2) is 4.79 Å². The van der Waals surface area contributed by atoms with E-state index in [9.17, 15) is 34.2 Å². The number of carboxylic acid groups (broad SMARTS) is 2. The van der Waals surface area contributed by atoms with Crippen molar-refractivity contribution >= 4 is 29.7 Å². The summed E-state index contributed by atoms with van der Waals surface area (Å²) in [5.41, 5.74) is 5.91. The third-order valence-electron chi connectivity index (χ3n) is 5.67. The number of likely N-dealkylation sites (tertiary alicyclic amines) is 1. The summed E-state index contributed by atoms with van der Waals surface area (Å²) in [6.45, 7) is 7.56. The van der Waals surface area contributed by atoms with Crippen LogP contribution in [0.5, 0.6) is 0 Å². The average Bonchev–Trinajstić information content (AvgIpc) is 3.19. The second kappa shape index (κ2) is 12.4. The van der Waals surface area contributed by atoms with Gasteiger partial charge in [0.05, 0.1) is 12.5 Å². The van der Waals surface area contributed by atoms with Gasteiger partial charge in [-0.1, -0.05) is 34.1 Å². The molecule has 0 bridgehead atoms. The van der Waals surface area contributed by atoms with Gasteiger partial charge in [-0.2, -0.15) is 0 Å². The van der Waals surface area contributed by atoms with Crippen molar-refractivity contribution in [1.29, 1.82) is 0 Å². The van der Waals surface area contributed by atoms with Crippen LogP contribution in [0.25, 0.3) is 0 Å². The molecule has 11 nitrogen and oxygen atoms in total. The molecule has 0 aliphatic carbocycles. The standard InChI is InChI=1S/C21H36N4O7/c1-5-12(4)17(24-18(28)13(22)9-11(2)3)19(29)23-14(10-16(26)27)20(30)25-8-6-7-15(25)21(31)32/h11-15,17H,5-10,22H2,1-4H3,(H,23,29)(H,24,28)(H,26,27)(H,31,32). The SMILES string of the molecule is CCC(C)C(NC(=O)C(N)CC(C)C)C(=O)NC(CC(=O)O)C(=O)N1CCCC1C(=O)O. The van der Waals surface area contributed by atoms with Crippen LogP contribution >= 0.6 is 0 Å². The number of amides is 3. The molecule has 5 atom stereocenters. The highest BCUT2D eigenvalue weighted by Gasteiger charge is 2.39. The number of carbonyl (C=O) groups is 5. The molecule has 182 valence electrons. The molecule has 1 heterocycles. The van der Waals surface area contributed by atoms with E-state index in [0.717, 1.165) is 4.90 Å². The lowest BCUT2D eigenvalue weighted by Gasteiger charge is -2.30. The number of rotatable bonds is 12. The summed E-state index contributed by atoms with van der Waals surface area (Å²) in [6, 6.07) is -4.35. The monoisotopic (exact) mass is 456 g/mol. The molecule has 1 aliphatic heterocycles. The van der Waals surface area contributed by atoms with E-state index >= 15 is 0 Å². The molecule has 5 unspecified atom stereocenters. The van der Waals surface area contributed by atoms with Crippen LogP contribution in [0.15, 0.2) is 0 Å². The zero-order chi connectivity index (χ0) is 24.6. The van der Waals surface area contributed by atoms with E-state index in [4.69, 9.17) is 5.73 Å². The van der Waals surface area contributed by atoms with E-state index in [0.29, 0.717) is 19.3 Å². The minimum absolute atomic E-state index is 0.164. The highest BCUT2D eigenvalue weighted by molar-refractivity contribution is 5.95. The van der Waals surface area contributed by atoms with Gasteiger partial charge < -0.3 is 31.5 Å². The minimum atomic E-state index is -1.45. The third kappa shape index (κ3) is 7.77. The van der Waals surface area contributed by atoms with Crippen molar-refractivity contribution in [3.05, 3.63) is 0 Å². The first-order valence-corrected chi connectivity index (χ1v) is 11.0. The van der Waals surface area contributed by atoms with Crippen LogP contribution < -0.4 is 16.4 Å². The van der Waals surface area contributed by atoms with Gasteiger partial charge in [-0.3, -0.25) is 19.2 Å². The second-order valence-corrected chi connectivity index (χ2v) is 8.79. The molecule has 0 aromatic heterocycles. The van der Waals surface area contributed by atoms with E-state index in [2.05, 4.69) is 10.6 Å². The van der Waals surface area contributed by atoms with Gasteiger partial charge in [-0.15, -0.1) is 0 Å². The first-order valence-electron chi connectivity index (χ1n) is 11.0. The second-order valence-electron chi connectivity index (χ2n) is 8.79. The maximum absolute atomic E-state index is 13.0. The summed E-state index contributed by atoms with van der Waals surface area (Å²) in [7, 11) is 0. The van der Waals surface area contributed by atoms with Crippen LogP contribution in [0.2, 0.25) is 0 Å². The lowest BCUT2D eigenvalue weighted by Crippen LogP contribution is -2.59. The number of carboxylic acids is 2. The Morgan fingerprint density at radius 3 is 2.19 bits per heavy atom. The largest absolute Gasteiger partial charge is 0.481 e. The predicted molar refractivity (Wildman–Crippen MR) is 115 cm³/mol. The molecule has 1 fully saturated rings. The number of nitrogens with two attached hydrogens (primary N) is 1. The zero-order valence-corrected chi connectivity index (χ0v) is 19.2. The molecule has 3 amide bonds. The lowest BCUT2D eigenvalue weighted by atomic mass is 9.96. The number of hydrogen-bond acceptors (Lipinski definition) is 6. The molecular formula is C21H36N4O7. The molecule has 0 radical (unpaired) electrons. The maximum atomic E-state index is 13.0. The first kappa shape index (κ1) is 27.3. The van der Waals surface area contributed by atoms with Crippen LogP contribution in [0.4, 0.5) is 0 Å². The molecule has 32 heavy (non-hydrogen) atoms. The molecule has 0 spiro atoms. The van der Waals surface area contributed by atoms with Crippen molar-refractivity contribution in [2.24, 2.45) is 17.6 Å². The lowest BCUT2D eigenvalue weighted by molar-refractivity contribution is -0.150. The summed E-state index contributed by atoms with van der Waals surface area (Å²) >= 11 is 0. The molecule has 0 aromatic rings. The minimum Gasteiger partial charge on any atom is -0.481 e. The number of nitrogens with one attached hydrogen (secondary N) is 2. The van der Waals surface area contributed by atoms with Gasteiger partial charge >= 0.3 is 11.9 Å². The van der Waals surface area contributed by atoms with Gasteiger partial charge in [0.15, 0.2) is 0 Å². The highest BCUT2D eigenvalue weighted by Crippen LogP contribution is 2.19. The van der Waals surface area contributed by atoms with E-state index in [-0.39, 0.29) is 24.8 Å². The van der Waals surface area contributed by atoms with Gasteiger partial charge in [0, 0.05) is 6.54 Å². The summed E-state index contributed by atoms with van der Waals surface area (Å²) in [5.74, 6) is -4.63. The quantitative estimate of drug-likeness (QED) is 0.270. The van der Waals surface area contributed by atoms with E-state index in [1.165, 1.54) is 0 Å². The highest BCUT2D eigenvalue weighted by atomic mass is 16.4. The van der Waals surface area contributed by atoms with Crippen LogP contribution in [-0.2, 0) is 24.0 Å². The Morgan fingerprint density at radius 1 is 1.06 bits per heavy atom. The predicted octanol–water partition coefficient (Wildman–Crippen LogP) is -0.0742. The van der Waals surface area contributed by atoms with Crippen molar-refractivity contribution in [2.45, 2.75) is 84.0 Å². The molecule has 11 heteroatoms. The van der Waals surface area contributed by atoms with E-state index in [1.807, 2.05) is 20.8 Å². The Morgan fingerprint density at radius 2 is 1.69 bits per heavy atom. The number of nitrogens with zero attached hydrogens (tertiary/aromatic N) is 1. The summed E-state index contributed by atoms with van der Waals surface area (Å²) in [5, 5.41) is 23.6. The number of hydrogen-bond donors (Lipinski definition) is 5. The van der Waals surface area contributed by atoms with Crippen LogP contribution in [-0.4, -0.2) is 75.5 Å². The summed E-state index contributed by atoms with van der Waals surface area (Å²) in [6.07, 6.45) is 0.972. The molecule has 1 rings (SSSR count). The van der Waals surface area contributed by atoms with Gasteiger partial charge in [-0.05, 0) is 31.1 Å². The smallest absolute Gasteiger partial charge is 0.326 e. The molecular weight excluding hydrogens is 420 g/mol. The Hall–Kier alpha value is -2.69. The summed E-state index contributed by atoms with van der Waals surface area (Å²) < 4.78 is 0. The zero-order valence-electron chi connectivity index (χ0n) is 19.2. The maximum Gasteiger partial charge on any atom is 0.326 e. The van der Waals surface area contributed by atoms with Gasteiger partial charge in [0.25, 0.3) is 0 Å². The Labute approximate surface area is 188 Å². The molecule has 1 saturated heterocycles. The topological polar surface area (TPSA) is 179 Å². The number of aliphatic carboxylic acids is 2. The van der Waals surface area contributed by atoms with Crippen molar-refractivity contribution < 1.29 is 34.2 Å². The average molecular weight is 457 g/mol.